The van der Waals surface area contributed by atoms with E-state index < -0.39 is 0 Å². The minimum absolute atomic E-state index is 0.148. The number of hydrogen-bond acceptors (Lipinski definition) is 5. The van der Waals surface area contributed by atoms with Crippen molar-refractivity contribution in [3.8, 4) is 0 Å². The molecular formula is C33H29N5O. The van der Waals surface area contributed by atoms with Gasteiger partial charge in [-0.15, -0.1) is 0 Å². The Morgan fingerprint density at radius 3 is 2.18 bits per heavy atom. The van der Waals surface area contributed by atoms with Crippen LogP contribution in [0.2, 0.25) is 0 Å². The second-order valence-electron chi connectivity index (χ2n) is 10.8. The molecule has 3 saturated carbocycles. The minimum Gasteiger partial charge on any atom is -0.355 e. The zero-order chi connectivity index (χ0) is 26.2. The molecule has 0 aliphatic heterocycles. The van der Waals surface area contributed by atoms with Crippen LogP contribution in [0.25, 0.3) is 10.9 Å². The van der Waals surface area contributed by atoms with E-state index in [1.807, 2.05) is 72.9 Å². The third kappa shape index (κ3) is 4.59. The van der Waals surface area contributed by atoms with Crippen LogP contribution in [-0.4, -0.2) is 15.9 Å². The van der Waals surface area contributed by atoms with E-state index >= 15 is 0 Å². The van der Waals surface area contributed by atoms with Gasteiger partial charge in [0, 0.05) is 58.0 Å². The van der Waals surface area contributed by atoms with Crippen LogP contribution < -0.4 is 16.0 Å². The topological polar surface area (TPSA) is 78.9 Å². The maximum Gasteiger partial charge on any atom is 0.255 e. The Hall–Kier alpha value is -4.71. The lowest BCUT2D eigenvalue weighted by atomic mass is 9.65. The number of rotatable bonds is 7. The molecule has 0 radical (unpaired) electrons. The van der Waals surface area contributed by atoms with E-state index in [1.165, 1.54) is 31.2 Å². The standard InChI is InChI=1S/C33H29N5O/c39-32(38-27-8-6-25(7-9-27)36-28-12-16-34-17-13-28)23-1-4-26(5-2-23)37-31-14-18-35-30-10-3-24(19-29(30)31)33-15-11-22(20-33)21-33/h1-10,12-14,16-19,22H,11,15,20-21H2,(H,34,36)(H,35,37)(H,38,39). The molecule has 5 aromatic rings. The number of carbonyl (C=O) groups is 1. The highest BCUT2D eigenvalue weighted by Crippen LogP contribution is 2.60. The highest BCUT2D eigenvalue weighted by molar-refractivity contribution is 6.04. The first-order chi connectivity index (χ1) is 19.1. The van der Waals surface area contributed by atoms with Gasteiger partial charge in [0.15, 0.2) is 0 Å². The van der Waals surface area contributed by atoms with Crippen LogP contribution in [-0.2, 0) is 5.41 Å². The first kappa shape index (κ1) is 23.4. The largest absolute Gasteiger partial charge is 0.355 e. The average Bonchev–Trinajstić information content (AvgIpc) is 3.58. The van der Waals surface area contributed by atoms with Crippen molar-refractivity contribution >= 4 is 45.2 Å². The van der Waals surface area contributed by atoms with Crippen molar-refractivity contribution in [2.45, 2.75) is 31.1 Å². The maximum atomic E-state index is 12.9. The summed E-state index contributed by atoms with van der Waals surface area (Å²) in [7, 11) is 0. The van der Waals surface area contributed by atoms with Gasteiger partial charge in [-0.1, -0.05) is 6.07 Å². The number of aromatic nitrogens is 2. The number of carbonyl (C=O) groups excluding carboxylic acids is 1. The normalized spacial score (nSPS) is 19.3. The summed E-state index contributed by atoms with van der Waals surface area (Å²) in [5, 5.41) is 11.0. The van der Waals surface area contributed by atoms with Crippen molar-refractivity contribution < 1.29 is 4.79 Å². The van der Waals surface area contributed by atoms with Crippen LogP contribution in [0.3, 0.4) is 0 Å². The number of hydrogen-bond donors (Lipinski definition) is 3. The fraction of sp³-hybridized carbons (Fsp3) is 0.182. The molecule has 8 rings (SSSR count). The fourth-order valence-electron chi connectivity index (χ4n) is 6.20. The molecule has 2 heterocycles. The predicted molar refractivity (Wildman–Crippen MR) is 157 cm³/mol. The number of benzene rings is 3. The number of nitrogens with one attached hydrogen (secondary N) is 3. The van der Waals surface area contributed by atoms with E-state index in [0.29, 0.717) is 11.0 Å². The smallest absolute Gasteiger partial charge is 0.255 e. The van der Waals surface area contributed by atoms with E-state index in [9.17, 15) is 4.79 Å². The predicted octanol–water partition coefficient (Wildman–Crippen LogP) is 7.81. The molecule has 3 fully saturated rings. The van der Waals surface area contributed by atoms with E-state index in [-0.39, 0.29) is 5.91 Å². The third-order valence-electron chi connectivity index (χ3n) is 8.28. The van der Waals surface area contributed by atoms with Crippen LogP contribution in [0.4, 0.5) is 28.4 Å². The molecule has 0 atom stereocenters. The fourth-order valence-corrected chi connectivity index (χ4v) is 6.20. The SMILES string of the molecule is O=C(Nc1ccc(Nc2ccncc2)cc1)c1ccc(Nc2ccnc3ccc(C45CCC(C4)C5)cc23)cc1. The number of pyridine rings is 2. The summed E-state index contributed by atoms with van der Waals surface area (Å²) in [6.07, 6.45) is 10.7. The summed E-state index contributed by atoms with van der Waals surface area (Å²) in [6.45, 7) is 0. The molecule has 2 aromatic heterocycles. The van der Waals surface area contributed by atoms with Gasteiger partial charge in [-0.25, -0.2) is 0 Å². The van der Waals surface area contributed by atoms with Crippen molar-refractivity contribution in [3.05, 3.63) is 115 Å². The van der Waals surface area contributed by atoms with E-state index in [1.54, 1.807) is 12.4 Å². The van der Waals surface area contributed by atoms with Gasteiger partial charge in [-0.05, 0) is 121 Å². The zero-order valence-electron chi connectivity index (χ0n) is 21.5. The molecule has 39 heavy (non-hydrogen) atoms. The second kappa shape index (κ2) is 9.55. The Balaban J connectivity index is 1.03. The van der Waals surface area contributed by atoms with Gasteiger partial charge >= 0.3 is 0 Å². The summed E-state index contributed by atoms with van der Waals surface area (Å²) in [5.74, 6) is 0.780. The molecule has 3 N–H and O–H groups in total. The molecule has 192 valence electrons. The molecule has 0 spiro atoms. The van der Waals surface area contributed by atoms with E-state index in [4.69, 9.17) is 0 Å². The summed E-state index contributed by atoms with van der Waals surface area (Å²) in [6, 6.07) is 27.8. The molecule has 6 heteroatoms. The molecule has 0 unspecified atom stereocenters. The first-order valence-corrected chi connectivity index (χ1v) is 13.5. The lowest BCUT2D eigenvalue weighted by Gasteiger charge is -2.39. The molecule has 0 saturated heterocycles. The van der Waals surface area contributed by atoms with Gasteiger partial charge in [0.25, 0.3) is 5.91 Å². The van der Waals surface area contributed by atoms with Gasteiger partial charge in [0.05, 0.1) is 5.52 Å². The minimum atomic E-state index is -0.148. The number of amides is 1. The van der Waals surface area contributed by atoms with Crippen molar-refractivity contribution in [2.24, 2.45) is 5.92 Å². The third-order valence-corrected chi connectivity index (χ3v) is 8.28. The van der Waals surface area contributed by atoms with Crippen molar-refractivity contribution in [2.75, 3.05) is 16.0 Å². The Kier molecular flexibility index (Phi) is 5.73. The van der Waals surface area contributed by atoms with E-state index in [2.05, 4.69) is 44.1 Å². The molecular weight excluding hydrogens is 482 g/mol. The first-order valence-electron chi connectivity index (χ1n) is 13.5. The Labute approximate surface area is 227 Å². The second-order valence-corrected chi connectivity index (χ2v) is 10.8. The summed E-state index contributed by atoms with van der Waals surface area (Å²) in [5.41, 5.74) is 8.02. The van der Waals surface area contributed by atoms with Gasteiger partial charge in [-0.3, -0.25) is 14.8 Å². The van der Waals surface area contributed by atoms with Crippen LogP contribution in [0, 0.1) is 5.92 Å². The molecule has 1 amide bonds. The van der Waals surface area contributed by atoms with Crippen LogP contribution >= 0.6 is 0 Å². The highest BCUT2D eigenvalue weighted by atomic mass is 16.1. The molecule has 3 aliphatic rings. The van der Waals surface area contributed by atoms with Crippen LogP contribution in [0.1, 0.15) is 41.6 Å². The molecule has 6 nitrogen and oxygen atoms in total. The lowest BCUT2D eigenvalue weighted by molar-refractivity contribution is 0.102. The average molecular weight is 512 g/mol. The van der Waals surface area contributed by atoms with Gasteiger partial charge in [0.1, 0.15) is 0 Å². The quantitative estimate of drug-likeness (QED) is 0.208. The zero-order valence-corrected chi connectivity index (χ0v) is 21.5. The molecule has 3 aromatic carbocycles. The van der Waals surface area contributed by atoms with Gasteiger partial charge in [-0.2, -0.15) is 0 Å². The van der Waals surface area contributed by atoms with Crippen LogP contribution in [0.5, 0.6) is 0 Å². The molecule has 3 aliphatic carbocycles. The van der Waals surface area contributed by atoms with Crippen LogP contribution in [0.15, 0.2) is 104 Å². The molecule has 2 bridgehead atoms. The number of fused-ring (bicyclic) bond motifs is 2. The summed E-state index contributed by atoms with van der Waals surface area (Å²) in [4.78, 5) is 21.5. The monoisotopic (exact) mass is 511 g/mol. The summed E-state index contributed by atoms with van der Waals surface area (Å²) < 4.78 is 0. The Morgan fingerprint density at radius 2 is 1.44 bits per heavy atom. The maximum absolute atomic E-state index is 12.9. The number of nitrogens with zero attached hydrogens (tertiary/aromatic N) is 2. The Morgan fingerprint density at radius 1 is 0.744 bits per heavy atom. The highest BCUT2D eigenvalue weighted by Gasteiger charge is 2.51. The van der Waals surface area contributed by atoms with Crippen molar-refractivity contribution in [1.29, 1.82) is 0 Å². The van der Waals surface area contributed by atoms with Gasteiger partial charge in [0.2, 0.25) is 0 Å². The van der Waals surface area contributed by atoms with Crippen molar-refractivity contribution in [1.82, 2.24) is 9.97 Å². The Bertz CT molecular complexity index is 1640. The summed E-state index contributed by atoms with van der Waals surface area (Å²) >= 11 is 0. The van der Waals surface area contributed by atoms with E-state index in [0.717, 1.165) is 45.3 Å². The van der Waals surface area contributed by atoms with Gasteiger partial charge < -0.3 is 16.0 Å². The lowest BCUT2D eigenvalue weighted by Crippen LogP contribution is -2.32. The van der Waals surface area contributed by atoms with Crippen molar-refractivity contribution in [3.63, 3.8) is 0 Å². The number of anilines is 5.